The van der Waals surface area contributed by atoms with Gasteiger partial charge in [0.2, 0.25) is 0 Å². The van der Waals surface area contributed by atoms with E-state index in [0.717, 1.165) is 0 Å². The Morgan fingerprint density at radius 1 is 1.59 bits per heavy atom. The molecular weight excluding hydrogens is 221 g/mol. The molecule has 1 atom stereocenters. The molecule has 1 aromatic carbocycles. The summed E-state index contributed by atoms with van der Waals surface area (Å²) in [6.07, 6.45) is 1.52. The average molecular weight is 231 g/mol. The van der Waals surface area contributed by atoms with Gasteiger partial charge in [-0.15, -0.1) is 0 Å². The SMILES string of the molecule is CCOC(=O)C1C=C(C#N)c2ccc(F)cc21. The fourth-order valence-electron chi connectivity index (χ4n) is 1.91. The van der Waals surface area contributed by atoms with E-state index < -0.39 is 17.7 Å². The van der Waals surface area contributed by atoms with Crippen LogP contribution in [0.3, 0.4) is 0 Å². The van der Waals surface area contributed by atoms with Crippen LogP contribution < -0.4 is 0 Å². The molecule has 1 aliphatic carbocycles. The van der Waals surface area contributed by atoms with E-state index in [-0.39, 0.29) is 6.61 Å². The highest BCUT2D eigenvalue weighted by molar-refractivity contribution is 5.93. The van der Waals surface area contributed by atoms with Crippen molar-refractivity contribution in [2.24, 2.45) is 0 Å². The number of nitriles is 1. The van der Waals surface area contributed by atoms with Crippen molar-refractivity contribution < 1.29 is 13.9 Å². The Labute approximate surface area is 98.1 Å². The summed E-state index contributed by atoms with van der Waals surface area (Å²) in [5.74, 6) is -1.55. The molecule has 0 amide bonds. The molecule has 86 valence electrons. The lowest BCUT2D eigenvalue weighted by molar-refractivity contribution is -0.143. The first-order chi connectivity index (χ1) is 8.17. The summed E-state index contributed by atoms with van der Waals surface area (Å²) >= 11 is 0. The van der Waals surface area contributed by atoms with Crippen LogP contribution in [-0.2, 0) is 9.53 Å². The van der Waals surface area contributed by atoms with Gasteiger partial charge in [0.1, 0.15) is 11.7 Å². The van der Waals surface area contributed by atoms with Crippen LogP contribution in [0.1, 0.15) is 24.0 Å². The number of allylic oxidation sites excluding steroid dienone is 1. The Kier molecular flexibility index (Phi) is 2.92. The van der Waals surface area contributed by atoms with Gasteiger partial charge < -0.3 is 4.74 Å². The molecule has 4 heteroatoms. The number of esters is 1. The molecule has 0 spiro atoms. The lowest BCUT2D eigenvalue weighted by Gasteiger charge is -2.09. The Balaban J connectivity index is 2.46. The van der Waals surface area contributed by atoms with Crippen LogP contribution in [0.5, 0.6) is 0 Å². The number of benzene rings is 1. The summed E-state index contributed by atoms with van der Waals surface area (Å²) < 4.78 is 18.1. The van der Waals surface area contributed by atoms with Crippen molar-refractivity contribution >= 4 is 11.5 Å². The second-order valence-corrected chi connectivity index (χ2v) is 3.65. The second-order valence-electron chi connectivity index (χ2n) is 3.65. The average Bonchev–Trinajstić information content (AvgIpc) is 2.67. The van der Waals surface area contributed by atoms with Crippen molar-refractivity contribution in [1.29, 1.82) is 5.26 Å². The van der Waals surface area contributed by atoms with Gasteiger partial charge in [0.15, 0.2) is 0 Å². The van der Waals surface area contributed by atoms with Gasteiger partial charge in [0.25, 0.3) is 0 Å². The summed E-state index contributed by atoms with van der Waals surface area (Å²) in [6.45, 7) is 1.96. The molecular formula is C13H10FNO2. The molecule has 0 heterocycles. The maximum atomic E-state index is 13.2. The van der Waals surface area contributed by atoms with Gasteiger partial charge in [-0.2, -0.15) is 5.26 Å². The summed E-state index contributed by atoms with van der Waals surface area (Å²) in [7, 11) is 0. The van der Waals surface area contributed by atoms with Gasteiger partial charge in [-0.25, -0.2) is 4.39 Å². The van der Waals surface area contributed by atoms with Gasteiger partial charge in [-0.3, -0.25) is 4.79 Å². The molecule has 0 N–H and O–H groups in total. The minimum absolute atomic E-state index is 0.260. The van der Waals surface area contributed by atoms with Crippen LogP contribution >= 0.6 is 0 Å². The van der Waals surface area contributed by atoms with Gasteiger partial charge in [-0.05, 0) is 36.3 Å². The Morgan fingerprint density at radius 2 is 2.35 bits per heavy atom. The number of hydrogen-bond acceptors (Lipinski definition) is 3. The molecule has 1 unspecified atom stereocenters. The number of carbonyl (C=O) groups is 1. The Hall–Kier alpha value is -2.15. The standard InChI is InChI=1S/C13H10FNO2/c1-2-17-13(16)12-5-8(7-15)10-4-3-9(14)6-11(10)12/h3-6,12H,2H2,1H3. The monoisotopic (exact) mass is 231 g/mol. The molecule has 0 aliphatic heterocycles. The van der Waals surface area contributed by atoms with Crippen LogP contribution in [-0.4, -0.2) is 12.6 Å². The molecule has 3 nitrogen and oxygen atoms in total. The first-order valence-corrected chi connectivity index (χ1v) is 5.25. The van der Waals surface area contributed by atoms with E-state index in [9.17, 15) is 9.18 Å². The van der Waals surface area contributed by atoms with Crippen LogP contribution in [0.4, 0.5) is 4.39 Å². The highest BCUT2D eigenvalue weighted by atomic mass is 19.1. The zero-order valence-corrected chi connectivity index (χ0v) is 9.24. The largest absolute Gasteiger partial charge is 0.465 e. The Bertz CT molecular complexity index is 543. The fourth-order valence-corrected chi connectivity index (χ4v) is 1.91. The predicted octanol–water partition coefficient (Wildman–Crippen LogP) is 2.39. The molecule has 0 aromatic heterocycles. The van der Waals surface area contributed by atoms with Crippen molar-refractivity contribution in [3.05, 3.63) is 41.2 Å². The number of halogens is 1. The predicted molar refractivity (Wildman–Crippen MR) is 59.4 cm³/mol. The van der Waals surface area contributed by atoms with Gasteiger partial charge >= 0.3 is 5.97 Å². The molecule has 0 radical (unpaired) electrons. The lowest BCUT2D eigenvalue weighted by Crippen LogP contribution is -2.12. The topological polar surface area (TPSA) is 50.1 Å². The maximum Gasteiger partial charge on any atom is 0.317 e. The zero-order chi connectivity index (χ0) is 12.4. The van der Waals surface area contributed by atoms with Crippen molar-refractivity contribution in [3.63, 3.8) is 0 Å². The third kappa shape index (κ3) is 1.92. The van der Waals surface area contributed by atoms with Gasteiger partial charge in [-0.1, -0.05) is 6.07 Å². The van der Waals surface area contributed by atoms with Gasteiger partial charge in [0.05, 0.1) is 18.2 Å². The van der Waals surface area contributed by atoms with E-state index in [0.29, 0.717) is 16.7 Å². The fraction of sp³-hybridized carbons (Fsp3) is 0.231. The smallest absolute Gasteiger partial charge is 0.317 e. The van der Waals surface area contributed by atoms with Crippen molar-refractivity contribution in [2.75, 3.05) is 6.61 Å². The molecule has 0 bridgehead atoms. The van der Waals surface area contributed by atoms with E-state index >= 15 is 0 Å². The van der Waals surface area contributed by atoms with E-state index in [1.165, 1.54) is 24.3 Å². The molecule has 0 fully saturated rings. The summed E-state index contributed by atoms with van der Waals surface area (Å²) in [4.78, 5) is 11.7. The molecule has 2 rings (SSSR count). The van der Waals surface area contributed by atoms with Crippen molar-refractivity contribution in [2.45, 2.75) is 12.8 Å². The molecule has 17 heavy (non-hydrogen) atoms. The first kappa shape index (κ1) is 11.3. The lowest BCUT2D eigenvalue weighted by atomic mass is 10.0. The van der Waals surface area contributed by atoms with E-state index in [1.54, 1.807) is 6.92 Å². The summed E-state index contributed by atoms with van der Waals surface area (Å²) in [5, 5.41) is 8.95. The highest BCUT2D eigenvalue weighted by Gasteiger charge is 2.30. The number of fused-ring (bicyclic) bond motifs is 1. The minimum atomic E-state index is -0.671. The Morgan fingerprint density at radius 3 is 3.00 bits per heavy atom. The normalized spacial score (nSPS) is 17.0. The number of ether oxygens (including phenoxy) is 1. The highest BCUT2D eigenvalue weighted by Crippen LogP contribution is 2.36. The molecule has 0 saturated heterocycles. The van der Waals surface area contributed by atoms with Gasteiger partial charge in [0, 0.05) is 0 Å². The van der Waals surface area contributed by atoms with Crippen LogP contribution in [0.2, 0.25) is 0 Å². The minimum Gasteiger partial charge on any atom is -0.465 e. The van der Waals surface area contributed by atoms with E-state index in [1.807, 2.05) is 6.07 Å². The third-order valence-corrected chi connectivity index (χ3v) is 2.63. The first-order valence-electron chi connectivity index (χ1n) is 5.25. The summed E-state index contributed by atoms with van der Waals surface area (Å²) in [6, 6.07) is 6.06. The molecule has 1 aliphatic rings. The zero-order valence-electron chi connectivity index (χ0n) is 9.24. The molecule has 1 aromatic rings. The van der Waals surface area contributed by atoms with Crippen molar-refractivity contribution in [3.8, 4) is 6.07 Å². The number of hydrogen-bond donors (Lipinski definition) is 0. The number of carbonyl (C=O) groups excluding carboxylic acids is 1. The number of nitrogens with zero attached hydrogens (tertiary/aromatic N) is 1. The second kappa shape index (κ2) is 4.38. The van der Waals surface area contributed by atoms with E-state index in [2.05, 4.69) is 0 Å². The van der Waals surface area contributed by atoms with Crippen LogP contribution in [0.15, 0.2) is 24.3 Å². The van der Waals surface area contributed by atoms with Crippen LogP contribution in [0.25, 0.3) is 5.57 Å². The summed E-state index contributed by atoms with van der Waals surface area (Å²) in [5.41, 5.74) is 1.49. The number of rotatable bonds is 2. The maximum absolute atomic E-state index is 13.2. The third-order valence-electron chi connectivity index (χ3n) is 2.63. The quantitative estimate of drug-likeness (QED) is 0.734. The van der Waals surface area contributed by atoms with E-state index in [4.69, 9.17) is 10.00 Å². The van der Waals surface area contributed by atoms with Crippen LogP contribution in [0, 0.1) is 17.1 Å². The van der Waals surface area contributed by atoms with Crippen molar-refractivity contribution in [1.82, 2.24) is 0 Å². The molecule has 0 saturated carbocycles.